The molecule has 2 aromatic carbocycles. The van der Waals surface area contributed by atoms with Crippen LogP contribution < -0.4 is 0 Å². The smallest absolute Gasteiger partial charge is 0.335 e. The molecule has 1 N–H and O–H groups in total. The molecular formula is C13H7Cl2FO2S. The molecular weight excluding hydrogens is 310 g/mol. The highest BCUT2D eigenvalue weighted by Crippen LogP contribution is 2.34. The van der Waals surface area contributed by atoms with E-state index in [4.69, 9.17) is 28.3 Å². The lowest BCUT2D eigenvalue weighted by molar-refractivity contribution is 0.0696. The van der Waals surface area contributed by atoms with E-state index in [0.29, 0.717) is 14.9 Å². The molecule has 2 nitrogen and oxygen atoms in total. The van der Waals surface area contributed by atoms with Crippen LogP contribution in [0.1, 0.15) is 10.4 Å². The Balaban J connectivity index is 2.28. The Kier molecular flexibility index (Phi) is 4.34. The highest BCUT2D eigenvalue weighted by molar-refractivity contribution is 7.99. The van der Waals surface area contributed by atoms with Gasteiger partial charge in [-0.05, 0) is 36.4 Å². The second-order valence-electron chi connectivity index (χ2n) is 3.63. The van der Waals surface area contributed by atoms with Gasteiger partial charge in [-0.3, -0.25) is 0 Å². The second kappa shape index (κ2) is 5.82. The maximum atomic E-state index is 13.7. The minimum absolute atomic E-state index is 0.0870. The first-order valence-corrected chi connectivity index (χ1v) is 6.70. The Morgan fingerprint density at radius 3 is 2.42 bits per heavy atom. The van der Waals surface area contributed by atoms with E-state index in [1.54, 1.807) is 18.2 Å². The van der Waals surface area contributed by atoms with Crippen molar-refractivity contribution in [2.45, 2.75) is 9.79 Å². The van der Waals surface area contributed by atoms with Crippen LogP contribution in [0.5, 0.6) is 0 Å². The standard InChI is InChI=1S/C13H7Cl2FO2S/c14-9-3-2-8(6-10(9)15)19-12-4-1-7(13(17)18)5-11(12)16/h1-6H,(H,17,18). The lowest BCUT2D eigenvalue weighted by atomic mass is 10.2. The maximum absolute atomic E-state index is 13.7. The molecule has 0 aliphatic carbocycles. The normalized spacial score (nSPS) is 10.5. The summed E-state index contributed by atoms with van der Waals surface area (Å²) in [7, 11) is 0. The molecule has 2 aromatic rings. The molecule has 0 spiro atoms. The zero-order chi connectivity index (χ0) is 14.0. The van der Waals surface area contributed by atoms with Crippen molar-refractivity contribution in [3.05, 3.63) is 57.8 Å². The van der Waals surface area contributed by atoms with Gasteiger partial charge in [-0.25, -0.2) is 9.18 Å². The van der Waals surface area contributed by atoms with E-state index in [-0.39, 0.29) is 5.56 Å². The average Bonchev–Trinajstić information content (AvgIpc) is 2.36. The van der Waals surface area contributed by atoms with E-state index >= 15 is 0 Å². The molecule has 0 unspecified atom stereocenters. The van der Waals surface area contributed by atoms with E-state index in [1.807, 2.05) is 0 Å². The highest BCUT2D eigenvalue weighted by atomic mass is 35.5. The van der Waals surface area contributed by atoms with Crippen LogP contribution in [0.4, 0.5) is 4.39 Å². The molecule has 0 aromatic heterocycles. The van der Waals surface area contributed by atoms with Gasteiger partial charge in [0.25, 0.3) is 0 Å². The lowest BCUT2D eigenvalue weighted by Gasteiger charge is -2.05. The first-order valence-electron chi connectivity index (χ1n) is 5.13. The maximum Gasteiger partial charge on any atom is 0.335 e. The monoisotopic (exact) mass is 316 g/mol. The van der Waals surface area contributed by atoms with Crippen molar-refractivity contribution in [2.75, 3.05) is 0 Å². The van der Waals surface area contributed by atoms with Gasteiger partial charge in [0, 0.05) is 9.79 Å². The van der Waals surface area contributed by atoms with Crippen LogP contribution in [0.2, 0.25) is 10.0 Å². The van der Waals surface area contributed by atoms with Crippen LogP contribution in [-0.2, 0) is 0 Å². The molecule has 0 aliphatic heterocycles. The van der Waals surface area contributed by atoms with Gasteiger partial charge in [-0.1, -0.05) is 35.0 Å². The first kappa shape index (κ1) is 14.2. The molecule has 2 rings (SSSR count). The summed E-state index contributed by atoms with van der Waals surface area (Å²) in [6, 6.07) is 8.72. The average molecular weight is 317 g/mol. The van der Waals surface area contributed by atoms with E-state index in [2.05, 4.69) is 0 Å². The molecule has 0 saturated heterocycles. The van der Waals surface area contributed by atoms with Gasteiger partial charge in [0.15, 0.2) is 0 Å². The van der Waals surface area contributed by atoms with Crippen LogP contribution in [0, 0.1) is 5.82 Å². The number of carboxylic acid groups (broad SMARTS) is 1. The lowest BCUT2D eigenvalue weighted by Crippen LogP contribution is -1.97. The van der Waals surface area contributed by atoms with Crippen LogP contribution in [-0.4, -0.2) is 11.1 Å². The first-order chi connectivity index (χ1) is 8.97. The van der Waals surface area contributed by atoms with Crippen molar-refractivity contribution < 1.29 is 14.3 Å². The summed E-state index contributed by atoms with van der Waals surface area (Å²) in [6.45, 7) is 0. The molecule has 0 atom stereocenters. The summed E-state index contributed by atoms with van der Waals surface area (Å²) in [5, 5.41) is 9.56. The van der Waals surface area contributed by atoms with Crippen molar-refractivity contribution in [3.63, 3.8) is 0 Å². The summed E-state index contributed by atoms with van der Waals surface area (Å²) in [6.07, 6.45) is 0. The van der Waals surface area contributed by atoms with Gasteiger partial charge < -0.3 is 5.11 Å². The molecule has 0 bridgehead atoms. The Labute approximate surface area is 123 Å². The minimum Gasteiger partial charge on any atom is -0.478 e. The molecule has 19 heavy (non-hydrogen) atoms. The number of aromatic carboxylic acids is 1. The molecule has 0 saturated carbocycles. The molecule has 0 radical (unpaired) electrons. The van der Waals surface area contributed by atoms with Gasteiger partial charge in [0.2, 0.25) is 0 Å². The Bertz CT molecular complexity index is 647. The quantitative estimate of drug-likeness (QED) is 0.867. The largest absolute Gasteiger partial charge is 0.478 e. The second-order valence-corrected chi connectivity index (χ2v) is 5.56. The number of hydrogen-bond acceptors (Lipinski definition) is 2. The fraction of sp³-hybridized carbons (Fsp3) is 0. The van der Waals surface area contributed by atoms with Gasteiger partial charge in [0.1, 0.15) is 5.82 Å². The molecule has 0 amide bonds. The molecule has 0 aliphatic rings. The van der Waals surface area contributed by atoms with E-state index in [9.17, 15) is 9.18 Å². The molecule has 0 fully saturated rings. The zero-order valence-corrected chi connectivity index (χ0v) is 11.7. The summed E-state index contributed by atoms with van der Waals surface area (Å²) in [4.78, 5) is 11.7. The zero-order valence-electron chi connectivity index (χ0n) is 9.36. The number of halogens is 3. The molecule has 0 heterocycles. The van der Waals surface area contributed by atoms with Gasteiger partial charge in [-0.2, -0.15) is 0 Å². The van der Waals surface area contributed by atoms with Crippen molar-refractivity contribution in [1.82, 2.24) is 0 Å². The van der Waals surface area contributed by atoms with Crippen LogP contribution in [0.15, 0.2) is 46.2 Å². The van der Waals surface area contributed by atoms with Crippen molar-refractivity contribution in [3.8, 4) is 0 Å². The SMILES string of the molecule is O=C(O)c1ccc(Sc2ccc(Cl)c(Cl)c2)c(F)c1. The van der Waals surface area contributed by atoms with Gasteiger partial charge in [-0.15, -0.1) is 0 Å². The number of hydrogen-bond donors (Lipinski definition) is 1. The number of benzene rings is 2. The molecule has 98 valence electrons. The van der Waals surface area contributed by atoms with Crippen LogP contribution in [0.3, 0.4) is 0 Å². The fourth-order valence-corrected chi connectivity index (χ4v) is 2.61. The predicted octanol–water partition coefficient (Wildman–Crippen LogP) is 4.98. The van der Waals surface area contributed by atoms with Crippen LogP contribution >= 0.6 is 35.0 Å². The van der Waals surface area contributed by atoms with E-state index in [0.717, 1.165) is 22.7 Å². The summed E-state index contributed by atoms with van der Waals surface area (Å²) >= 11 is 12.8. The fourth-order valence-electron chi connectivity index (χ4n) is 1.38. The van der Waals surface area contributed by atoms with Gasteiger partial charge in [0.05, 0.1) is 15.6 Å². The summed E-state index contributed by atoms with van der Waals surface area (Å²) < 4.78 is 13.7. The number of rotatable bonds is 3. The Hall–Kier alpha value is -1.23. The van der Waals surface area contributed by atoms with Crippen molar-refractivity contribution >= 4 is 40.9 Å². The van der Waals surface area contributed by atoms with Crippen molar-refractivity contribution in [1.29, 1.82) is 0 Å². The highest BCUT2D eigenvalue weighted by Gasteiger charge is 2.10. The molecule has 6 heteroatoms. The third-order valence-electron chi connectivity index (χ3n) is 2.30. The summed E-state index contributed by atoms with van der Waals surface area (Å²) in [5.41, 5.74) is -0.0870. The number of carboxylic acids is 1. The Morgan fingerprint density at radius 1 is 1.11 bits per heavy atom. The Morgan fingerprint density at radius 2 is 1.84 bits per heavy atom. The third-order valence-corrected chi connectivity index (χ3v) is 4.08. The van der Waals surface area contributed by atoms with Crippen molar-refractivity contribution in [2.24, 2.45) is 0 Å². The predicted molar refractivity (Wildman–Crippen MR) is 73.9 cm³/mol. The van der Waals surface area contributed by atoms with Gasteiger partial charge >= 0.3 is 5.97 Å². The summed E-state index contributed by atoms with van der Waals surface area (Å²) in [5.74, 6) is -1.75. The topological polar surface area (TPSA) is 37.3 Å². The van der Waals surface area contributed by atoms with E-state index < -0.39 is 11.8 Å². The van der Waals surface area contributed by atoms with E-state index in [1.165, 1.54) is 12.1 Å². The third kappa shape index (κ3) is 3.41. The van der Waals surface area contributed by atoms with Crippen LogP contribution in [0.25, 0.3) is 0 Å². The minimum atomic E-state index is -1.16. The number of carbonyl (C=O) groups is 1.